The van der Waals surface area contributed by atoms with Crippen LogP contribution in [0.1, 0.15) is 20.8 Å². The number of nitrogens with zero attached hydrogens (tertiary/aromatic N) is 1. The number of ether oxygens (including phenoxy) is 1. The molecule has 0 aliphatic heterocycles. The van der Waals surface area contributed by atoms with E-state index >= 15 is 0 Å². The van der Waals surface area contributed by atoms with Crippen molar-refractivity contribution >= 4 is 29.1 Å². The van der Waals surface area contributed by atoms with Crippen LogP contribution in [0.5, 0.6) is 5.75 Å². The van der Waals surface area contributed by atoms with Crippen molar-refractivity contribution in [1.82, 2.24) is 10.2 Å². The second kappa shape index (κ2) is 8.73. The van der Waals surface area contributed by atoms with Gasteiger partial charge < -0.3 is 15.2 Å². The van der Waals surface area contributed by atoms with Gasteiger partial charge in [-0.05, 0) is 40.0 Å². The van der Waals surface area contributed by atoms with Gasteiger partial charge in [0.25, 0.3) is 0 Å². The average molecular weight is 363 g/mol. The third-order valence-electron chi connectivity index (χ3n) is 2.79. The van der Waals surface area contributed by atoms with E-state index in [-0.39, 0.29) is 24.6 Å². The number of carbonyl (C=O) groups excluding carboxylic acids is 1. The third kappa shape index (κ3) is 7.88. The van der Waals surface area contributed by atoms with Crippen molar-refractivity contribution in [2.75, 3.05) is 26.7 Å². The number of hydrogen-bond donors (Lipinski definition) is 2. The van der Waals surface area contributed by atoms with Crippen LogP contribution >= 0.6 is 23.2 Å². The Morgan fingerprint density at radius 2 is 1.91 bits per heavy atom. The summed E-state index contributed by atoms with van der Waals surface area (Å²) in [7, 11) is 1.76. The minimum absolute atomic E-state index is 0.0364. The molecule has 1 rings (SSSR count). The molecule has 5 nitrogen and oxygen atoms in total. The maximum atomic E-state index is 11.8. The van der Waals surface area contributed by atoms with Crippen molar-refractivity contribution in [3.63, 3.8) is 0 Å². The number of aliphatic hydroxyl groups excluding tert-OH is 1. The lowest BCUT2D eigenvalue weighted by atomic mass is 10.1. The van der Waals surface area contributed by atoms with Crippen LogP contribution in [-0.2, 0) is 4.79 Å². The minimum Gasteiger partial charge on any atom is -0.488 e. The summed E-state index contributed by atoms with van der Waals surface area (Å²) in [5.74, 6) is 0.255. The molecule has 0 aromatic heterocycles. The van der Waals surface area contributed by atoms with Crippen molar-refractivity contribution < 1.29 is 14.6 Å². The van der Waals surface area contributed by atoms with Gasteiger partial charge in [0.15, 0.2) is 5.75 Å². The van der Waals surface area contributed by atoms with E-state index in [4.69, 9.17) is 27.9 Å². The van der Waals surface area contributed by atoms with Gasteiger partial charge in [-0.2, -0.15) is 0 Å². The molecule has 1 aromatic rings. The predicted octanol–water partition coefficient (Wildman–Crippen LogP) is 2.58. The van der Waals surface area contributed by atoms with E-state index in [1.165, 1.54) is 0 Å². The predicted molar refractivity (Wildman–Crippen MR) is 93.4 cm³/mol. The van der Waals surface area contributed by atoms with Gasteiger partial charge in [0.1, 0.15) is 12.7 Å². The number of rotatable bonds is 7. The van der Waals surface area contributed by atoms with Crippen molar-refractivity contribution in [3.8, 4) is 5.75 Å². The van der Waals surface area contributed by atoms with E-state index < -0.39 is 6.10 Å². The number of halogens is 2. The van der Waals surface area contributed by atoms with E-state index in [2.05, 4.69) is 5.32 Å². The largest absolute Gasteiger partial charge is 0.488 e. The third-order valence-corrected chi connectivity index (χ3v) is 3.38. The zero-order chi connectivity index (χ0) is 17.6. The number of amides is 1. The molecular formula is C16H24Cl2N2O3. The number of para-hydroxylation sites is 1. The Morgan fingerprint density at radius 1 is 1.35 bits per heavy atom. The Kier molecular flexibility index (Phi) is 7.61. The van der Waals surface area contributed by atoms with Crippen LogP contribution in [0.15, 0.2) is 18.2 Å². The molecule has 2 N–H and O–H groups in total. The molecule has 0 saturated heterocycles. The second-order valence-corrected chi connectivity index (χ2v) is 7.32. The quantitative estimate of drug-likeness (QED) is 0.782. The van der Waals surface area contributed by atoms with E-state index in [1.54, 1.807) is 30.1 Å². The highest BCUT2D eigenvalue weighted by molar-refractivity contribution is 6.37. The van der Waals surface area contributed by atoms with Crippen LogP contribution in [0.3, 0.4) is 0 Å². The Balaban J connectivity index is 2.41. The molecule has 0 radical (unpaired) electrons. The molecule has 130 valence electrons. The van der Waals surface area contributed by atoms with Crippen LogP contribution in [0.2, 0.25) is 10.0 Å². The van der Waals surface area contributed by atoms with Gasteiger partial charge in [-0.3, -0.25) is 9.69 Å². The summed E-state index contributed by atoms with van der Waals surface area (Å²) < 4.78 is 5.47. The summed E-state index contributed by atoms with van der Waals surface area (Å²) in [6, 6.07) is 5.05. The molecule has 0 fully saturated rings. The molecule has 0 aliphatic rings. The van der Waals surface area contributed by atoms with Gasteiger partial charge in [-0.15, -0.1) is 0 Å². The Morgan fingerprint density at radius 3 is 2.43 bits per heavy atom. The van der Waals surface area contributed by atoms with Crippen molar-refractivity contribution in [1.29, 1.82) is 0 Å². The number of hydrogen-bond acceptors (Lipinski definition) is 4. The number of aliphatic hydroxyl groups is 1. The monoisotopic (exact) mass is 362 g/mol. The molecule has 1 aromatic carbocycles. The molecule has 0 bridgehead atoms. The van der Waals surface area contributed by atoms with Crippen LogP contribution in [0, 0.1) is 0 Å². The summed E-state index contributed by atoms with van der Waals surface area (Å²) in [5, 5.41) is 13.7. The highest BCUT2D eigenvalue weighted by Crippen LogP contribution is 2.32. The zero-order valence-electron chi connectivity index (χ0n) is 13.9. The maximum Gasteiger partial charge on any atom is 0.234 e. The van der Waals surface area contributed by atoms with Crippen molar-refractivity contribution in [3.05, 3.63) is 28.2 Å². The lowest BCUT2D eigenvalue weighted by Gasteiger charge is -2.24. The van der Waals surface area contributed by atoms with Crippen molar-refractivity contribution in [2.45, 2.75) is 32.4 Å². The summed E-state index contributed by atoms with van der Waals surface area (Å²) in [6.07, 6.45) is -0.769. The van der Waals surface area contributed by atoms with E-state index in [0.29, 0.717) is 22.3 Å². The van der Waals surface area contributed by atoms with Crippen LogP contribution < -0.4 is 10.1 Å². The summed E-state index contributed by atoms with van der Waals surface area (Å²) in [4.78, 5) is 13.5. The fraction of sp³-hybridized carbons (Fsp3) is 0.562. The molecular weight excluding hydrogens is 339 g/mol. The molecule has 1 amide bonds. The van der Waals surface area contributed by atoms with Gasteiger partial charge in [0.2, 0.25) is 5.91 Å². The Hall–Kier alpha value is -1.01. The van der Waals surface area contributed by atoms with Gasteiger partial charge in [-0.25, -0.2) is 0 Å². The standard InChI is InChI=1S/C16H24Cl2N2O3/c1-16(2,3)19-14(22)9-20(4)8-11(21)10-23-15-12(17)6-5-7-13(15)18/h5-7,11,21H,8-10H2,1-4H3,(H,19,22). The molecule has 23 heavy (non-hydrogen) atoms. The topological polar surface area (TPSA) is 61.8 Å². The minimum atomic E-state index is -0.769. The Labute approximate surface area is 147 Å². The lowest BCUT2D eigenvalue weighted by Crippen LogP contribution is -2.46. The number of nitrogens with one attached hydrogen (secondary N) is 1. The first-order chi connectivity index (χ1) is 10.6. The number of likely N-dealkylation sites (N-methyl/N-ethyl adjacent to an activating group) is 1. The molecule has 1 unspecified atom stereocenters. The Bertz CT molecular complexity index is 512. The van der Waals surface area contributed by atoms with E-state index in [9.17, 15) is 9.90 Å². The number of carbonyl (C=O) groups is 1. The smallest absolute Gasteiger partial charge is 0.234 e. The SMILES string of the molecule is CN(CC(=O)NC(C)(C)C)CC(O)COc1c(Cl)cccc1Cl. The van der Waals surface area contributed by atoms with Gasteiger partial charge in [0.05, 0.1) is 16.6 Å². The molecule has 0 spiro atoms. The first-order valence-electron chi connectivity index (χ1n) is 7.33. The highest BCUT2D eigenvalue weighted by Gasteiger charge is 2.17. The molecule has 0 aliphatic carbocycles. The maximum absolute atomic E-state index is 11.8. The number of benzene rings is 1. The van der Waals surface area contributed by atoms with E-state index in [0.717, 1.165) is 0 Å². The fourth-order valence-corrected chi connectivity index (χ4v) is 2.49. The van der Waals surface area contributed by atoms with Gasteiger partial charge >= 0.3 is 0 Å². The molecule has 0 heterocycles. The molecule has 7 heteroatoms. The van der Waals surface area contributed by atoms with E-state index in [1.807, 2.05) is 20.8 Å². The highest BCUT2D eigenvalue weighted by atomic mass is 35.5. The van der Waals surface area contributed by atoms with Gasteiger partial charge in [-0.1, -0.05) is 29.3 Å². The zero-order valence-corrected chi connectivity index (χ0v) is 15.4. The molecule has 0 saturated carbocycles. The summed E-state index contributed by atoms with van der Waals surface area (Å²) >= 11 is 12.0. The summed E-state index contributed by atoms with van der Waals surface area (Å²) in [6.45, 7) is 6.28. The van der Waals surface area contributed by atoms with Gasteiger partial charge in [0, 0.05) is 12.1 Å². The van der Waals surface area contributed by atoms with Crippen LogP contribution in [0.25, 0.3) is 0 Å². The average Bonchev–Trinajstić information content (AvgIpc) is 2.35. The molecule has 1 atom stereocenters. The lowest BCUT2D eigenvalue weighted by molar-refractivity contribution is -0.123. The first-order valence-corrected chi connectivity index (χ1v) is 8.08. The fourth-order valence-electron chi connectivity index (χ4n) is 1.98. The summed E-state index contributed by atoms with van der Waals surface area (Å²) in [5.41, 5.74) is -0.277. The first kappa shape index (κ1) is 20.0. The van der Waals surface area contributed by atoms with Crippen LogP contribution in [0.4, 0.5) is 0 Å². The normalized spacial score (nSPS) is 13.0. The second-order valence-electron chi connectivity index (χ2n) is 6.51. The van der Waals surface area contributed by atoms with Crippen LogP contribution in [-0.4, -0.2) is 54.3 Å². The van der Waals surface area contributed by atoms with Crippen molar-refractivity contribution in [2.24, 2.45) is 0 Å².